The summed E-state index contributed by atoms with van der Waals surface area (Å²) >= 11 is 9.13. The number of ether oxygens (including phenoxy) is 1. The Morgan fingerprint density at radius 3 is 2.55 bits per heavy atom. The van der Waals surface area contributed by atoms with Crippen LogP contribution >= 0.6 is 34.7 Å². The SMILES string of the molecule is CCOC(=O)c1c(NC(=O)c2ccc(CSc3ccc(Cl)cc3)cc2)sc2c1CCC2. The second-order valence-electron chi connectivity index (χ2n) is 7.18. The smallest absolute Gasteiger partial charge is 0.341 e. The predicted octanol–water partition coefficient (Wildman–Crippen LogP) is 6.61. The Morgan fingerprint density at radius 2 is 1.84 bits per heavy atom. The lowest BCUT2D eigenvalue weighted by molar-refractivity contribution is 0.0527. The van der Waals surface area contributed by atoms with Crippen molar-refractivity contribution < 1.29 is 14.3 Å². The Hall–Kier alpha value is -2.28. The monoisotopic (exact) mass is 471 g/mol. The number of nitrogens with one attached hydrogen (secondary N) is 1. The van der Waals surface area contributed by atoms with E-state index in [0.29, 0.717) is 22.7 Å². The average Bonchev–Trinajstić information content (AvgIpc) is 3.34. The topological polar surface area (TPSA) is 55.4 Å². The van der Waals surface area contributed by atoms with E-state index in [-0.39, 0.29) is 11.9 Å². The molecule has 3 aromatic rings. The Kier molecular flexibility index (Phi) is 7.00. The number of thiophene rings is 1. The van der Waals surface area contributed by atoms with Gasteiger partial charge in [-0.2, -0.15) is 0 Å². The number of thioether (sulfide) groups is 1. The van der Waals surface area contributed by atoms with Gasteiger partial charge < -0.3 is 10.1 Å². The summed E-state index contributed by atoms with van der Waals surface area (Å²) in [5, 5.41) is 4.26. The van der Waals surface area contributed by atoms with Crippen LogP contribution in [0.15, 0.2) is 53.4 Å². The van der Waals surface area contributed by atoms with Gasteiger partial charge in [-0.25, -0.2) is 4.79 Å². The molecule has 0 aliphatic heterocycles. The van der Waals surface area contributed by atoms with Crippen molar-refractivity contribution in [1.82, 2.24) is 0 Å². The lowest BCUT2D eigenvalue weighted by Crippen LogP contribution is -2.15. The number of anilines is 1. The molecule has 7 heteroatoms. The van der Waals surface area contributed by atoms with Crippen molar-refractivity contribution in [2.45, 2.75) is 36.8 Å². The third kappa shape index (κ3) is 5.14. The van der Waals surface area contributed by atoms with Crippen LogP contribution in [0.4, 0.5) is 5.00 Å². The van der Waals surface area contributed by atoms with E-state index in [2.05, 4.69) is 5.32 Å². The lowest BCUT2D eigenvalue weighted by atomic mass is 10.1. The van der Waals surface area contributed by atoms with Gasteiger partial charge >= 0.3 is 5.97 Å². The van der Waals surface area contributed by atoms with Crippen LogP contribution in [0.1, 0.15) is 50.1 Å². The molecule has 4 nitrogen and oxygen atoms in total. The van der Waals surface area contributed by atoms with Crippen molar-refractivity contribution in [3.05, 3.63) is 80.7 Å². The number of hydrogen-bond acceptors (Lipinski definition) is 5. The van der Waals surface area contributed by atoms with E-state index in [0.717, 1.165) is 46.1 Å². The molecule has 0 atom stereocenters. The highest BCUT2D eigenvalue weighted by Crippen LogP contribution is 2.39. The number of aryl methyl sites for hydroxylation is 1. The van der Waals surface area contributed by atoms with Gasteiger partial charge in [-0.15, -0.1) is 23.1 Å². The molecular formula is C24H22ClNO3S2. The molecule has 1 amide bonds. The van der Waals surface area contributed by atoms with E-state index in [1.165, 1.54) is 16.2 Å². The number of fused-ring (bicyclic) bond motifs is 1. The Bertz CT molecular complexity index is 1090. The molecule has 1 aromatic heterocycles. The molecule has 0 saturated carbocycles. The first-order valence-corrected chi connectivity index (χ1v) is 12.3. The molecule has 2 aromatic carbocycles. The fraction of sp³-hybridized carbons (Fsp3) is 0.250. The van der Waals surface area contributed by atoms with Crippen LogP contribution in [0.5, 0.6) is 0 Å². The van der Waals surface area contributed by atoms with Crippen LogP contribution in [0.2, 0.25) is 5.02 Å². The second kappa shape index (κ2) is 9.90. The molecular weight excluding hydrogens is 450 g/mol. The summed E-state index contributed by atoms with van der Waals surface area (Å²) in [5.74, 6) is 0.225. The minimum atomic E-state index is -0.355. The average molecular weight is 472 g/mol. The Morgan fingerprint density at radius 1 is 1.10 bits per heavy atom. The largest absolute Gasteiger partial charge is 0.462 e. The van der Waals surface area contributed by atoms with E-state index in [1.807, 2.05) is 48.5 Å². The summed E-state index contributed by atoms with van der Waals surface area (Å²) in [6.07, 6.45) is 2.84. The molecule has 1 aliphatic carbocycles. The normalized spacial score (nSPS) is 12.5. The number of carbonyl (C=O) groups is 2. The van der Waals surface area contributed by atoms with Crippen molar-refractivity contribution in [3.8, 4) is 0 Å². The predicted molar refractivity (Wildman–Crippen MR) is 128 cm³/mol. The number of hydrogen-bond donors (Lipinski definition) is 1. The van der Waals surface area contributed by atoms with Crippen molar-refractivity contribution >= 4 is 51.6 Å². The van der Waals surface area contributed by atoms with Crippen molar-refractivity contribution in [3.63, 3.8) is 0 Å². The lowest BCUT2D eigenvalue weighted by Gasteiger charge is -2.09. The van der Waals surface area contributed by atoms with E-state index in [4.69, 9.17) is 16.3 Å². The van der Waals surface area contributed by atoms with Crippen LogP contribution in [-0.2, 0) is 23.3 Å². The zero-order chi connectivity index (χ0) is 21.8. The molecule has 0 fully saturated rings. The molecule has 0 radical (unpaired) electrons. The number of halogens is 1. The summed E-state index contributed by atoms with van der Waals surface area (Å²) < 4.78 is 5.23. The summed E-state index contributed by atoms with van der Waals surface area (Å²) in [7, 11) is 0. The summed E-state index contributed by atoms with van der Waals surface area (Å²) in [6, 6.07) is 15.3. The fourth-order valence-corrected chi connectivity index (χ4v) is 5.79. The minimum absolute atomic E-state index is 0.220. The molecule has 1 heterocycles. The minimum Gasteiger partial charge on any atom is -0.462 e. The first kappa shape index (κ1) is 21.9. The van der Waals surface area contributed by atoms with Gasteiger partial charge in [0.2, 0.25) is 0 Å². The van der Waals surface area contributed by atoms with Gasteiger partial charge in [0.25, 0.3) is 5.91 Å². The molecule has 0 unspecified atom stereocenters. The van der Waals surface area contributed by atoms with Gasteiger partial charge in [-0.1, -0.05) is 23.7 Å². The molecule has 0 spiro atoms. The maximum atomic E-state index is 12.8. The number of rotatable bonds is 7. The van der Waals surface area contributed by atoms with Gasteiger partial charge in [-0.3, -0.25) is 4.79 Å². The maximum Gasteiger partial charge on any atom is 0.341 e. The number of amides is 1. The molecule has 0 saturated heterocycles. The van der Waals surface area contributed by atoms with Gasteiger partial charge in [-0.05, 0) is 73.7 Å². The molecule has 160 valence electrons. The fourth-order valence-electron chi connectivity index (χ4n) is 3.54. The third-order valence-electron chi connectivity index (χ3n) is 5.06. The highest BCUT2D eigenvalue weighted by atomic mass is 35.5. The number of esters is 1. The van der Waals surface area contributed by atoms with Crippen molar-refractivity contribution in [1.29, 1.82) is 0 Å². The zero-order valence-corrected chi connectivity index (χ0v) is 19.5. The number of benzene rings is 2. The summed E-state index contributed by atoms with van der Waals surface area (Å²) in [4.78, 5) is 27.6. The molecule has 1 aliphatic rings. The molecule has 1 N–H and O–H groups in total. The van der Waals surface area contributed by atoms with E-state index in [1.54, 1.807) is 18.7 Å². The first-order chi connectivity index (χ1) is 15.0. The van der Waals surface area contributed by atoms with E-state index in [9.17, 15) is 9.59 Å². The molecule has 31 heavy (non-hydrogen) atoms. The molecule has 0 bridgehead atoms. The van der Waals surface area contributed by atoms with Crippen LogP contribution < -0.4 is 5.32 Å². The van der Waals surface area contributed by atoms with Gasteiger partial charge in [0.05, 0.1) is 12.2 Å². The maximum absolute atomic E-state index is 12.8. The quantitative estimate of drug-likeness (QED) is 0.311. The van der Waals surface area contributed by atoms with E-state index >= 15 is 0 Å². The first-order valence-electron chi connectivity index (χ1n) is 10.2. The molecule has 4 rings (SSSR count). The van der Waals surface area contributed by atoms with Crippen molar-refractivity contribution in [2.75, 3.05) is 11.9 Å². The van der Waals surface area contributed by atoms with Gasteiger partial charge in [0.1, 0.15) is 5.00 Å². The van der Waals surface area contributed by atoms with E-state index < -0.39 is 0 Å². The van der Waals surface area contributed by atoms with Crippen LogP contribution in [0.25, 0.3) is 0 Å². The standard InChI is InChI=1S/C24H22ClNO3S2/c1-2-29-24(28)21-19-4-3-5-20(19)31-23(21)26-22(27)16-8-6-15(7-9-16)14-30-18-12-10-17(25)11-13-18/h6-13H,2-5,14H2,1H3,(H,26,27). The second-order valence-corrected chi connectivity index (χ2v) is 9.77. The van der Waals surface area contributed by atoms with Gasteiger partial charge in [0, 0.05) is 26.1 Å². The van der Waals surface area contributed by atoms with Gasteiger partial charge in [0.15, 0.2) is 0 Å². The third-order valence-corrected chi connectivity index (χ3v) is 7.61. The van der Waals surface area contributed by atoms with Crippen LogP contribution in [0, 0.1) is 0 Å². The van der Waals surface area contributed by atoms with Crippen LogP contribution in [-0.4, -0.2) is 18.5 Å². The summed E-state index contributed by atoms with van der Waals surface area (Å²) in [6.45, 7) is 2.10. The Labute approximate surface area is 195 Å². The summed E-state index contributed by atoms with van der Waals surface area (Å²) in [5.41, 5.74) is 3.25. The zero-order valence-electron chi connectivity index (χ0n) is 17.1. The van der Waals surface area contributed by atoms with Crippen LogP contribution in [0.3, 0.4) is 0 Å². The number of carbonyl (C=O) groups excluding carboxylic acids is 2. The highest BCUT2D eigenvalue weighted by molar-refractivity contribution is 7.98. The highest BCUT2D eigenvalue weighted by Gasteiger charge is 2.28. The van der Waals surface area contributed by atoms with Crippen molar-refractivity contribution in [2.24, 2.45) is 0 Å². The Balaban J connectivity index is 1.43.